The summed E-state index contributed by atoms with van der Waals surface area (Å²) in [6.07, 6.45) is 1.59. The van der Waals surface area contributed by atoms with Gasteiger partial charge in [0.05, 0.1) is 17.1 Å². The molecule has 0 aliphatic heterocycles. The second-order valence-corrected chi connectivity index (χ2v) is 9.41. The molecule has 4 rings (SSSR count). The minimum Gasteiger partial charge on any atom is -0.298 e. The van der Waals surface area contributed by atoms with Crippen molar-refractivity contribution in [2.75, 3.05) is 9.62 Å². The van der Waals surface area contributed by atoms with Crippen molar-refractivity contribution < 1.29 is 13.2 Å². The summed E-state index contributed by atoms with van der Waals surface area (Å²) in [6.45, 7) is 0.169. The Morgan fingerprint density at radius 2 is 1.65 bits per heavy atom. The first-order valence-corrected chi connectivity index (χ1v) is 11.8. The van der Waals surface area contributed by atoms with Crippen molar-refractivity contribution in [3.8, 4) is 0 Å². The van der Waals surface area contributed by atoms with Crippen molar-refractivity contribution in [1.82, 2.24) is 4.98 Å². The van der Waals surface area contributed by atoms with Crippen LogP contribution in [0.2, 0.25) is 0 Å². The predicted molar refractivity (Wildman–Crippen MR) is 123 cm³/mol. The summed E-state index contributed by atoms with van der Waals surface area (Å²) in [5, 5.41) is 4.88. The first-order chi connectivity index (χ1) is 15.0. The molecular formula is C23H19N3O3S2. The highest BCUT2D eigenvalue weighted by Gasteiger charge is 2.26. The Morgan fingerprint density at radius 3 is 2.32 bits per heavy atom. The summed E-state index contributed by atoms with van der Waals surface area (Å²) in [7, 11) is -3.93. The lowest BCUT2D eigenvalue weighted by molar-refractivity contribution is 0.102. The zero-order valence-electron chi connectivity index (χ0n) is 16.4. The van der Waals surface area contributed by atoms with Crippen molar-refractivity contribution in [3.05, 3.63) is 108 Å². The zero-order valence-corrected chi connectivity index (χ0v) is 18.0. The monoisotopic (exact) mass is 449 g/mol. The predicted octanol–water partition coefficient (Wildman–Crippen LogP) is 4.79. The van der Waals surface area contributed by atoms with Gasteiger partial charge in [-0.05, 0) is 35.9 Å². The Kier molecular flexibility index (Phi) is 6.11. The molecule has 3 aromatic carbocycles. The molecule has 31 heavy (non-hydrogen) atoms. The second kappa shape index (κ2) is 9.11. The number of nitrogens with one attached hydrogen (secondary N) is 1. The van der Waals surface area contributed by atoms with Crippen molar-refractivity contribution in [3.63, 3.8) is 0 Å². The van der Waals surface area contributed by atoms with Crippen LogP contribution in [0.3, 0.4) is 0 Å². The number of amides is 1. The summed E-state index contributed by atoms with van der Waals surface area (Å²) in [5.41, 5.74) is 1.64. The standard InChI is InChI=1S/C23H19N3O3S2/c27-22(25-23-24-14-15-30-23)19-10-7-13-21(16-19)31(28,29)26(20-11-5-2-6-12-20)17-18-8-3-1-4-9-18/h1-16H,17H2,(H,24,25,27). The minimum atomic E-state index is -3.93. The molecule has 6 nitrogen and oxygen atoms in total. The Morgan fingerprint density at radius 1 is 0.935 bits per heavy atom. The summed E-state index contributed by atoms with van der Waals surface area (Å²) in [4.78, 5) is 16.6. The number of para-hydroxylation sites is 1. The third-order valence-electron chi connectivity index (χ3n) is 4.55. The largest absolute Gasteiger partial charge is 0.298 e. The molecule has 4 aromatic rings. The van der Waals surface area contributed by atoms with Crippen LogP contribution in [0, 0.1) is 0 Å². The van der Waals surface area contributed by atoms with Crippen LogP contribution in [0.1, 0.15) is 15.9 Å². The quantitative estimate of drug-likeness (QED) is 0.440. The number of rotatable bonds is 7. The molecule has 0 aliphatic rings. The van der Waals surface area contributed by atoms with Crippen LogP contribution in [0.5, 0.6) is 0 Å². The van der Waals surface area contributed by atoms with Gasteiger partial charge in [-0.2, -0.15) is 0 Å². The number of aromatic nitrogens is 1. The van der Waals surface area contributed by atoms with E-state index < -0.39 is 15.9 Å². The van der Waals surface area contributed by atoms with Gasteiger partial charge in [0.25, 0.3) is 15.9 Å². The molecule has 0 aliphatic carbocycles. The van der Waals surface area contributed by atoms with E-state index in [4.69, 9.17) is 0 Å². The van der Waals surface area contributed by atoms with E-state index in [0.29, 0.717) is 10.8 Å². The Balaban J connectivity index is 1.69. The van der Waals surface area contributed by atoms with Crippen LogP contribution in [0.4, 0.5) is 10.8 Å². The van der Waals surface area contributed by atoms with E-state index in [1.54, 1.807) is 48.0 Å². The highest BCUT2D eigenvalue weighted by molar-refractivity contribution is 7.92. The van der Waals surface area contributed by atoms with E-state index in [2.05, 4.69) is 10.3 Å². The number of thiazole rings is 1. The lowest BCUT2D eigenvalue weighted by Gasteiger charge is -2.25. The molecule has 0 radical (unpaired) electrons. The maximum absolute atomic E-state index is 13.6. The average molecular weight is 450 g/mol. The number of carbonyl (C=O) groups excluding carboxylic acids is 1. The summed E-state index contributed by atoms with van der Waals surface area (Å²) < 4.78 is 28.6. The first-order valence-electron chi connectivity index (χ1n) is 9.47. The Labute approximate surface area is 184 Å². The van der Waals surface area contributed by atoms with Gasteiger partial charge in [-0.1, -0.05) is 54.6 Å². The van der Waals surface area contributed by atoms with Gasteiger partial charge in [0, 0.05) is 17.1 Å². The molecule has 1 amide bonds. The van der Waals surface area contributed by atoms with E-state index in [1.807, 2.05) is 36.4 Å². The molecule has 1 N–H and O–H groups in total. The third-order valence-corrected chi connectivity index (χ3v) is 7.01. The second-order valence-electron chi connectivity index (χ2n) is 6.65. The van der Waals surface area contributed by atoms with Gasteiger partial charge >= 0.3 is 0 Å². The molecular weight excluding hydrogens is 430 g/mol. The fourth-order valence-corrected chi connectivity index (χ4v) is 5.06. The summed E-state index contributed by atoms with van der Waals surface area (Å²) >= 11 is 1.29. The van der Waals surface area contributed by atoms with Crippen LogP contribution in [0.25, 0.3) is 0 Å². The van der Waals surface area contributed by atoms with E-state index >= 15 is 0 Å². The lowest BCUT2D eigenvalue weighted by Crippen LogP contribution is -2.30. The minimum absolute atomic E-state index is 0.0408. The molecule has 8 heteroatoms. The van der Waals surface area contributed by atoms with E-state index in [-0.39, 0.29) is 17.0 Å². The van der Waals surface area contributed by atoms with Gasteiger partial charge in [-0.3, -0.25) is 14.4 Å². The molecule has 0 saturated heterocycles. The highest BCUT2D eigenvalue weighted by atomic mass is 32.2. The molecule has 0 unspecified atom stereocenters. The van der Waals surface area contributed by atoms with Crippen LogP contribution >= 0.6 is 11.3 Å². The lowest BCUT2D eigenvalue weighted by atomic mass is 10.2. The maximum Gasteiger partial charge on any atom is 0.264 e. The van der Waals surface area contributed by atoms with Gasteiger partial charge in [0.15, 0.2) is 5.13 Å². The van der Waals surface area contributed by atoms with Crippen molar-refractivity contribution >= 4 is 38.1 Å². The summed E-state index contributed by atoms with van der Waals surface area (Å²) in [6, 6.07) is 24.3. The van der Waals surface area contributed by atoms with Gasteiger partial charge in [0.2, 0.25) is 0 Å². The molecule has 0 spiro atoms. The van der Waals surface area contributed by atoms with Gasteiger partial charge < -0.3 is 0 Å². The molecule has 1 aromatic heterocycles. The number of hydrogen-bond donors (Lipinski definition) is 1. The van der Waals surface area contributed by atoms with Crippen LogP contribution in [-0.2, 0) is 16.6 Å². The number of sulfonamides is 1. The van der Waals surface area contributed by atoms with E-state index in [0.717, 1.165) is 5.56 Å². The average Bonchev–Trinajstić information content (AvgIpc) is 3.32. The highest BCUT2D eigenvalue weighted by Crippen LogP contribution is 2.26. The smallest absolute Gasteiger partial charge is 0.264 e. The molecule has 0 bridgehead atoms. The first kappa shape index (κ1) is 20.8. The van der Waals surface area contributed by atoms with E-state index in [9.17, 15) is 13.2 Å². The maximum atomic E-state index is 13.6. The van der Waals surface area contributed by atoms with E-state index in [1.165, 1.54) is 27.8 Å². The van der Waals surface area contributed by atoms with Gasteiger partial charge in [0.1, 0.15) is 0 Å². The molecule has 0 atom stereocenters. The number of nitrogens with zero attached hydrogens (tertiary/aromatic N) is 2. The van der Waals surface area contributed by atoms with Crippen LogP contribution in [0.15, 0.2) is 101 Å². The third kappa shape index (κ3) is 4.82. The molecule has 0 saturated carbocycles. The van der Waals surface area contributed by atoms with Crippen LogP contribution < -0.4 is 9.62 Å². The number of hydrogen-bond acceptors (Lipinski definition) is 5. The topological polar surface area (TPSA) is 79.4 Å². The zero-order chi connectivity index (χ0) is 21.7. The van der Waals surface area contributed by atoms with Crippen molar-refractivity contribution in [2.45, 2.75) is 11.4 Å². The summed E-state index contributed by atoms with van der Waals surface area (Å²) in [5.74, 6) is -0.415. The Hall–Kier alpha value is -3.49. The fourth-order valence-electron chi connectivity index (χ4n) is 3.04. The number of anilines is 2. The Bertz CT molecular complexity index is 1260. The molecule has 156 valence electrons. The molecule has 0 fully saturated rings. The van der Waals surface area contributed by atoms with Gasteiger partial charge in [-0.25, -0.2) is 13.4 Å². The van der Waals surface area contributed by atoms with Crippen molar-refractivity contribution in [2.24, 2.45) is 0 Å². The normalized spacial score (nSPS) is 11.1. The van der Waals surface area contributed by atoms with Gasteiger partial charge in [-0.15, -0.1) is 11.3 Å². The van der Waals surface area contributed by atoms with Crippen molar-refractivity contribution in [1.29, 1.82) is 0 Å². The number of carbonyl (C=O) groups is 1. The van der Waals surface area contributed by atoms with Crippen LogP contribution in [-0.4, -0.2) is 19.3 Å². The SMILES string of the molecule is O=C(Nc1nccs1)c1cccc(S(=O)(=O)N(Cc2ccccc2)c2ccccc2)c1. The number of benzene rings is 3. The molecule has 1 heterocycles. The fraction of sp³-hybridized carbons (Fsp3) is 0.0435.